The molecule has 1 aromatic carbocycles. The molecule has 0 saturated heterocycles. The van der Waals surface area contributed by atoms with Gasteiger partial charge in [0.05, 0.1) is 5.01 Å². The van der Waals surface area contributed by atoms with Crippen LogP contribution < -0.4 is 5.73 Å². The third-order valence-corrected chi connectivity index (χ3v) is 4.46. The van der Waals surface area contributed by atoms with Crippen molar-refractivity contribution >= 4 is 17.2 Å². The third-order valence-electron chi connectivity index (χ3n) is 3.55. The summed E-state index contributed by atoms with van der Waals surface area (Å²) < 4.78 is 0. The SMILES string of the molecule is NCCc1nc(C(=O)N2CCc3ccccc3C2)cs1. The fourth-order valence-corrected chi connectivity index (χ4v) is 3.27. The van der Waals surface area contributed by atoms with Gasteiger partial charge in [0.25, 0.3) is 5.91 Å². The maximum absolute atomic E-state index is 12.5. The van der Waals surface area contributed by atoms with Crippen LogP contribution in [0.3, 0.4) is 0 Å². The number of hydrogen-bond donors (Lipinski definition) is 1. The van der Waals surface area contributed by atoms with E-state index in [9.17, 15) is 4.79 Å². The molecule has 0 saturated carbocycles. The van der Waals surface area contributed by atoms with Crippen molar-refractivity contribution in [2.75, 3.05) is 13.1 Å². The Morgan fingerprint density at radius 3 is 2.95 bits per heavy atom. The number of benzene rings is 1. The van der Waals surface area contributed by atoms with Crippen LogP contribution in [0.2, 0.25) is 0 Å². The molecule has 0 spiro atoms. The Morgan fingerprint density at radius 1 is 1.35 bits per heavy atom. The number of fused-ring (bicyclic) bond motifs is 1. The Bertz CT molecular complexity index is 623. The minimum absolute atomic E-state index is 0.0269. The smallest absolute Gasteiger partial charge is 0.273 e. The number of thiazole rings is 1. The number of aromatic nitrogens is 1. The van der Waals surface area contributed by atoms with Crippen LogP contribution >= 0.6 is 11.3 Å². The van der Waals surface area contributed by atoms with Crippen LogP contribution in [0.15, 0.2) is 29.6 Å². The highest BCUT2D eigenvalue weighted by Gasteiger charge is 2.23. The Hall–Kier alpha value is -1.72. The average Bonchev–Trinajstić information content (AvgIpc) is 2.95. The summed E-state index contributed by atoms with van der Waals surface area (Å²) in [6, 6.07) is 8.31. The maximum atomic E-state index is 12.5. The molecular weight excluding hydrogens is 270 g/mol. The molecule has 0 bridgehead atoms. The second-order valence-corrected chi connectivity index (χ2v) is 5.85. The second kappa shape index (κ2) is 5.73. The Balaban J connectivity index is 1.75. The molecular formula is C15H17N3OS. The Labute approximate surface area is 122 Å². The van der Waals surface area contributed by atoms with Crippen LogP contribution in [0.5, 0.6) is 0 Å². The van der Waals surface area contributed by atoms with Gasteiger partial charge in [-0.1, -0.05) is 24.3 Å². The highest BCUT2D eigenvalue weighted by Crippen LogP contribution is 2.21. The number of nitrogens with zero attached hydrogens (tertiary/aromatic N) is 2. The van der Waals surface area contributed by atoms with E-state index in [-0.39, 0.29) is 5.91 Å². The van der Waals surface area contributed by atoms with Crippen LogP contribution in [0.1, 0.15) is 26.6 Å². The van der Waals surface area contributed by atoms with E-state index in [2.05, 4.69) is 23.2 Å². The van der Waals surface area contributed by atoms with Gasteiger partial charge in [-0.2, -0.15) is 0 Å². The van der Waals surface area contributed by atoms with Crippen LogP contribution in [0, 0.1) is 0 Å². The minimum atomic E-state index is 0.0269. The summed E-state index contributed by atoms with van der Waals surface area (Å²) in [5.41, 5.74) is 8.65. The van der Waals surface area contributed by atoms with E-state index >= 15 is 0 Å². The van der Waals surface area contributed by atoms with Gasteiger partial charge >= 0.3 is 0 Å². The molecule has 3 rings (SSSR count). The zero-order valence-electron chi connectivity index (χ0n) is 11.2. The highest BCUT2D eigenvalue weighted by molar-refractivity contribution is 7.09. The highest BCUT2D eigenvalue weighted by atomic mass is 32.1. The summed E-state index contributed by atoms with van der Waals surface area (Å²) >= 11 is 1.51. The topological polar surface area (TPSA) is 59.2 Å². The largest absolute Gasteiger partial charge is 0.333 e. The van der Waals surface area contributed by atoms with Gasteiger partial charge in [0, 0.05) is 24.9 Å². The molecule has 0 radical (unpaired) electrons. The molecule has 4 nitrogen and oxygen atoms in total. The van der Waals surface area contributed by atoms with Crippen LogP contribution in [0.4, 0.5) is 0 Å². The number of carbonyl (C=O) groups is 1. The van der Waals surface area contributed by atoms with E-state index in [1.807, 2.05) is 16.3 Å². The fraction of sp³-hybridized carbons (Fsp3) is 0.333. The first-order valence-electron chi connectivity index (χ1n) is 6.78. The van der Waals surface area contributed by atoms with Crippen molar-refractivity contribution in [3.05, 3.63) is 51.5 Å². The van der Waals surface area contributed by atoms with Crippen LogP contribution in [0.25, 0.3) is 0 Å². The molecule has 20 heavy (non-hydrogen) atoms. The fourth-order valence-electron chi connectivity index (χ4n) is 2.48. The first kappa shape index (κ1) is 13.3. The summed E-state index contributed by atoms with van der Waals surface area (Å²) in [4.78, 5) is 18.7. The summed E-state index contributed by atoms with van der Waals surface area (Å²) in [7, 11) is 0. The van der Waals surface area contributed by atoms with E-state index in [0.29, 0.717) is 18.8 Å². The standard InChI is InChI=1S/C15H17N3OS/c16-7-5-14-17-13(10-20-14)15(19)18-8-6-11-3-1-2-4-12(11)9-18/h1-4,10H,5-9,16H2. The van der Waals surface area contributed by atoms with Crippen molar-refractivity contribution in [3.8, 4) is 0 Å². The molecule has 2 N–H and O–H groups in total. The van der Waals surface area contributed by atoms with Gasteiger partial charge in [-0.25, -0.2) is 4.98 Å². The second-order valence-electron chi connectivity index (χ2n) is 4.91. The number of carbonyl (C=O) groups excluding carboxylic acids is 1. The summed E-state index contributed by atoms with van der Waals surface area (Å²) in [6.45, 7) is 2.01. The Morgan fingerprint density at radius 2 is 2.15 bits per heavy atom. The summed E-state index contributed by atoms with van der Waals surface area (Å²) in [5, 5.41) is 2.78. The zero-order chi connectivity index (χ0) is 13.9. The number of amides is 1. The molecule has 1 aliphatic rings. The van der Waals surface area contributed by atoms with Gasteiger partial charge in [0.15, 0.2) is 0 Å². The first-order chi connectivity index (χ1) is 9.78. The van der Waals surface area contributed by atoms with Crippen molar-refractivity contribution in [1.29, 1.82) is 0 Å². The van der Waals surface area contributed by atoms with Crippen molar-refractivity contribution in [2.24, 2.45) is 5.73 Å². The monoisotopic (exact) mass is 287 g/mol. The van der Waals surface area contributed by atoms with Crippen molar-refractivity contribution < 1.29 is 4.79 Å². The number of nitrogens with two attached hydrogens (primary N) is 1. The lowest BCUT2D eigenvalue weighted by atomic mass is 10.00. The zero-order valence-corrected chi connectivity index (χ0v) is 12.0. The molecule has 104 valence electrons. The molecule has 1 aliphatic heterocycles. The minimum Gasteiger partial charge on any atom is -0.333 e. The van der Waals surface area contributed by atoms with E-state index in [1.54, 1.807) is 0 Å². The van der Waals surface area contributed by atoms with E-state index in [0.717, 1.165) is 24.4 Å². The van der Waals surface area contributed by atoms with Crippen molar-refractivity contribution in [3.63, 3.8) is 0 Å². The molecule has 2 aromatic rings. The van der Waals surface area contributed by atoms with Gasteiger partial charge in [0.1, 0.15) is 5.69 Å². The summed E-state index contributed by atoms with van der Waals surface area (Å²) in [5.74, 6) is 0.0269. The van der Waals surface area contributed by atoms with Gasteiger partial charge in [-0.3, -0.25) is 4.79 Å². The van der Waals surface area contributed by atoms with E-state index in [1.165, 1.54) is 22.5 Å². The molecule has 0 aliphatic carbocycles. The molecule has 0 atom stereocenters. The number of hydrogen-bond acceptors (Lipinski definition) is 4. The van der Waals surface area contributed by atoms with E-state index in [4.69, 9.17) is 5.73 Å². The normalized spacial score (nSPS) is 14.2. The lowest BCUT2D eigenvalue weighted by molar-refractivity contribution is 0.0729. The van der Waals surface area contributed by atoms with Crippen molar-refractivity contribution in [1.82, 2.24) is 9.88 Å². The quantitative estimate of drug-likeness (QED) is 0.937. The molecule has 1 amide bonds. The molecule has 0 fully saturated rings. The molecule has 0 unspecified atom stereocenters. The predicted octanol–water partition coefficient (Wildman–Crippen LogP) is 1.84. The number of rotatable bonds is 3. The van der Waals surface area contributed by atoms with Gasteiger partial charge in [0.2, 0.25) is 0 Å². The van der Waals surface area contributed by atoms with Gasteiger partial charge in [-0.05, 0) is 24.1 Å². The van der Waals surface area contributed by atoms with Crippen molar-refractivity contribution in [2.45, 2.75) is 19.4 Å². The molecule has 1 aromatic heterocycles. The van der Waals surface area contributed by atoms with E-state index < -0.39 is 0 Å². The maximum Gasteiger partial charge on any atom is 0.273 e. The van der Waals surface area contributed by atoms with Crippen LogP contribution in [-0.4, -0.2) is 28.9 Å². The molecule has 5 heteroatoms. The lowest BCUT2D eigenvalue weighted by Gasteiger charge is -2.28. The summed E-state index contributed by atoms with van der Waals surface area (Å²) in [6.07, 6.45) is 1.66. The Kier molecular flexibility index (Phi) is 3.80. The lowest BCUT2D eigenvalue weighted by Crippen LogP contribution is -2.36. The third kappa shape index (κ3) is 2.59. The first-order valence-corrected chi connectivity index (χ1v) is 7.66. The van der Waals surface area contributed by atoms with Gasteiger partial charge < -0.3 is 10.6 Å². The van der Waals surface area contributed by atoms with Crippen LogP contribution in [-0.2, 0) is 19.4 Å². The molecule has 2 heterocycles. The van der Waals surface area contributed by atoms with Gasteiger partial charge in [-0.15, -0.1) is 11.3 Å². The predicted molar refractivity (Wildman–Crippen MR) is 79.8 cm³/mol. The average molecular weight is 287 g/mol.